The van der Waals surface area contributed by atoms with Gasteiger partial charge in [-0.3, -0.25) is 9.78 Å². The molecule has 1 atom stereocenters. The minimum absolute atomic E-state index is 0.0788. The molecular formula is C15H23N3O2. The van der Waals surface area contributed by atoms with Crippen molar-refractivity contribution in [3.8, 4) is 0 Å². The Morgan fingerprint density at radius 3 is 3.15 bits per heavy atom. The van der Waals surface area contributed by atoms with Crippen molar-refractivity contribution in [1.82, 2.24) is 10.3 Å². The highest BCUT2D eigenvalue weighted by atomic mass is 16.5. The minimum Gasteiger partial charge on any atom is -0.385 e. The van der Waals surface area contributed by atoms with Gasteiger partial charge in [0.1, 0.15) is 0 Å². The fraction of sp³-hybridized carbons (Fsp3) is 0.600. The molecule has 1 fully saturated rings. The molecule has 1 saturated heterocycles. The molecule has 110 valence electrons. The van der Waals surface area contributed by atoms with Gasteiger partial charge in [0.05, 0.1) is 17.4 Å². The van der Waals surface area contributed by atoms with Gasteiger partial charge in [-0.15, -0.1) is 0 Å². The summed E-state index contributed by atoms with van der Waals surface area (Å²) in [7, 11) is 0. The van der Waals surface area contributed by atoms with E-state index in [9.17, 15) is 4.79 Å². The Balaban J connectivity index is 1.82. The van der Waals surface area contributed by atoms with Crippen LogP contribution in [0.5, 0.6) is 0 Å². The second-order valence-electron chi connectivity index (χ2n) is 4.98. The molecule has 20 heavy (non-hydrogen) atoms. The first kappa shape index (κ1) is 14.8. The zero-order valence-corrected chi connectivity index (χ0v) is 12.0. The second-order valence-corrected chi connectivity index (χ2v) is 4.98. The highest BCUT2D eigenvalue weighted by Crippen LogP contribution is 2.16. The molecule has 0 saturated carbocycles. The molecule has 5 nitrogen and oxygen atoms in total. The maximum atomic E-state index is 12.2. The van der Waals surface area contributed by atoms with Gasteiger partial charge in [-0.05, 0) is 38.7 Å². The molecule has 1 unspecified atom stereocenters. The fourth-order valence-electron chi connectivity index (χ4n) is 2.40. The largest absolute Gasteiger partial charge is 0.385 e. The Kier molecular flexibility index (Phi) is 5.80. The van der Waals surface area contributed by atoms with Crippen LogP contribution in [0.2, 0.25) is 0 Å². The van der Waals surface area contributed by atoms with Crippen molar-refractivity contribution >= 4 is 11.6 Å². The Morgan fingerprint density at radius 2 is 2.40 bits per heavy atom. The van der Waals surface area contributed by atoms with Gasteiger partial charge >= 0.3 is 0 Å². The molecule has 1 aromatic heterocycles. The normalized spacial score (nSPS) is 18.6. The van der Waals surface area contributed by atoms with Crippen LogP contribution in [0.4, 0.5) is 5.69 Å². The first-order valence-electron chi connectivity index (χ1n) is 7.39. The first-order chi connectivity index (χ1) is 9.81. The smallest absolute Gasteiger partial charge is 0.254 e. The van der Waals surface area contributed by atoms with E-state index in [0.29, 0.717) is 18.2 Å². The third kappa shape index (κ3) is 4.20. The predicted molar refractivity (Wildman–Crippen MR) is 78.9 cm³/mol. The Hall–Kier alpha value is -1.62. The van der Waals surface area contributed by atoms with Gasteiger partial charge < -0.3 is 15.4 Å². The van der Waals surface area contributed by atoms with E-state index in [1.165, 1.54) is 6.42 Å². The van der Waals surface area contributed by atoms with Crippen molar-refractivity contribution in [2.45, 2.75) is 38.7 Å². The summed E-state index contributed by atoms with van der Waals surface area (Å²) >= 11 is 0. The summed E-state index contributed by atoms with van der Waals surface area (Å²) in [5, 5.41) is 6.12. The molecule has 0 bridgehead atoms. The van der Waals surface area contributed by atoms with Gasteiger partial charge in [-0.1, -0.05) is 0 Å². The zero-order chi connectivity index (χ0) is 14.2. The van der Waals surface area contributed by atoms with Crippen LogP contribution in [-0.4, -0.2) is 36.7 Å². The Labute approximate surface area is 120 Å². The lowest BCUT2D eigenvalue weighted by atomic mass is 10.1. The monoisotopic (exact) mass is 277 g/mol. The van der Waals surface area contributed by atoms with Crippen molar-refractivity contribution in [3.05, 3.63) is 24.0 Å². The minimum atomic E-state index is -0.0788. The molecule has 1 aromatic rings. The van der Waals surface area contributed by atoms with E-state index in [2.05, 4.69) is 15.6 Å². The number of anilines is 1. The van der Waals surface area contributed by atoms with E-state index in [4.69, 9.17) is 4.74 Å². The predicted octanol–water partition coefficient (Wildman–Crippen LogP) is 2.20. The molecule has 1 aliphatic rings. The maximum Gasteiger partial charge on any atom is 0.254 e. The summed E-state index contributed by atoms with van der Waals surface area (Å²) < 4.78 is 5.65. The van der Waals surface area contributed by atoms with Crippen LogP contribution in [0, 0.1) is 0 Å². The van der Waals surface area contributed by atoms with Gasteiger partial charge in [0.25, 0.3) is 5.91 Å². The molecule has 5 heteroatoms. The van der Waals surface area contributed by atoms with Crippen molar-refractivity contribution < 1.29 is 9.53 Å². The van der Waals surface area contributed by atoms with E-state index in [1.807, 2.05) is 13.0 Å². The van der Waals surface area contributed by atoms with E-state index in [-0.39, 0.29) is 5.91 Å². The van der Waals surface area contributed by atoms with Crippen LogP contribution in [0.15, 0.2) is 18.5 Å². The number of nitrogens with zero attached hydrogens (tertiary/aromatic N) is 1. The Bertz CT molecular complexity index is 431. The summed E-state index contributed by atoms with van der Waals surface area (Å²) in [5.41, 5.74) is 1.42. The molecule has 2 N–H and O–H groups in total. The van der Waals surface area contributed by atoms with Crippen LogP contribution in [0.25, 0.3) is 0 Å². The Morgan fingerprint density at radius 1 is 1.50 bits per heavy atom. The van der Waals surface area contributed by atoms with Gasteiger partial charge in [0.2, 0.25) is 0 Å². The maximum absolute atomic E-state index is 12.2. The summed E-state index contributed by atoms with van der Waals surface area (Å²) in [4.78, 5) is 16.2. The lowest BCUT2D eigenvalue weighted by Gasteiger charge is -2.22. The molecule has 0 aromatic carbocycles. The number of pyridine rings is 1. The number of amides is 1. The van der Waals surface area contributed by atoms with Gasteiger partial charge in [0, 0.05) is 32.1 Å². The van der Waals surface area contributed by atoms with Gasteiger partial charge in [0.15, 0.2) is 0 Å². The van der Waals surface area contributed by atoms with Crippen molar-refractivity contribution in [2.75, 3.05) is 25.0 Å². The van der Waals surface area contributed by atoms with Crippen molar-refractivity contribution in [1.29, 1.82) is 0 Å². The molecule has 1 aliphatic heterocycles. The van der Waals surface area contributed by atoms with E-state index in [1.54, 1.807) is 12.4 Å². The highest BCUT2D eigenvalue weighted by Gasteiger charge is 2.15. The number of carbonyl (C=O) groups excluding carboxylic acids is 1. The van der Waals surface area contributed by atoms with Crippen molar-refractivity contribution in [2.24, 2.45) is 0 Å². The molecule has 0 spiro atoms. The van der Waals surface area contributed by atoms with Crippen LogP contribution < -0.4 is 10.6 Å². The molecule has 0 aliphatic carbocycles. The number of rotatable bonds is 6. The van der Waals surface area contributed by atoms with Crippen molar-refractivity contribution in [3.63, 3.8) is 0 Å². The number of nitrogens with one attached hydrogen (secondary N) is 2. The first-order valence-corrected chi connectivity index (χ1v) is 7.39. The van der Waals surface area contributed by atoms with E-state index >= 15 is 0 Å². The average molecular weight is 277 g/mol. The summed E-state index contributed by atoms with van der Waals surface area (Å²) in [6, 6.07) is 1.82. The quantitative estimate of drug-likeness (QED) is 0.836. The third-order valence-electron chi connectivity index (χ3n) is 3.46. The van der Waals surface area contributed by atoms with E-state index < -0.39 is 0 Å². The van der Waals surface area contributed by atoms with Crippen LogP contribution in [0.3, 0.4) is 0 Å². The van der Waals surface area contributed by atoms with E-state index in [0.717, 1.165) is 38.1 Å². The van der Waals surface area contributed by atoms with Crippen LogP contribution in [0.1, 0.15) is 43.0 Å². The molecule has 2 heterocycles. The van der Waals surface area contributed by atoms with Gasteiger partial charge in [-0.2, -0.15) is 0 Å². The standard InChI is InChI=1S/C15H23N3O2/c1-2-17-14-7-8-16-11-13(14)15(19)18-9-6-12-5-3-4-10-20-12/h7-8,11-12H,2-6,9-10H2,1H3,(H,16,17)(H,18,19). The molecule has 0 radical (unpaired) electrons. The summed E-state index contributed by atoms with van der Waals surface area (Å²) in [6.07, 6.45) is 7.95. The lowest BCUT2D eigenvalue weighted by Crippen LogP contribution is -2.30. The molecule has 1 amide bonds. The number of hydrogen-bond acceptors (Lipinski definition) is 4. The average Bonchev–Trinajstić information content (AvgIpc) is 2.49. The lowest BCUT2D eigenvalue weighted by molar-refractivity contribution is 0.0117. The summed E-state index contributed by atoms with van der Waals surface area (Å²) in [5.74, 6) is -0.0788. The fourth-order valence-corrected chi connectivity index (χ4v) is 2.40. The molecular weight excluding hydrogens is 254 g/mol. The van der Waals surface area contributed by atoms with Gasteiger partial charge in [-0.25, -0.2) is 0 Å². The summed E-state index contributed by atoms with van der Waals surface area (Å²) in [6.45, 7) is 4.28. The highest BCUT2D eigenvalue weighted by molar-refractivity contribution is 5.99. The second kappa shape index (κ2) is 7.85. The number of aromatic nitrogens is 1. The topological polar surface area (TPSA) is 63.2 Å². The molecule has 2 rings (SSSR count). The van der Waals surface area contributed by atoms with Crippen LogP contribution >= 0.6 is 0 Å². The number of hydrogen-bond donors (Lipinski definition) is 2. The third-order valence-corrected chi connectivity index (χ3v) is 3.46. The number of ether oxygens (including phenoxy) is 1. The SMILES string of the molecule is CCNc1ccncc1C(=O)NCCC1CCCCO1. The van der Waals surface area contributed by atoms with Crippen LogP contribution in [-0.2, 0) is 4.74 Å². The number of carbonyl (C=O) groups is 1. The zero-order valence-electron chi connectivity index (χ0n) is 12.0.